The summed E-state index contributed by atoms with van der Waals surface area (Å²) in [5.74, 6) is 6.78. The van der Waals surface area contributed by atoms with E-state index in [1.807, 2.05) is 44.3 Å². The van der Waals surface area contributed by atoms with E-state index in [1.165, 1.54) is 23.8 Å². The molecule has 0 amide bonds. The Hall–Kier alpha value is -4.57. The highest BCUT2D eigenvalue weighted by molar-refractivity contribution is 7.90. The lowest BCUT2D eigenvalue weighted by Crippen LogP contribution is -2.39. The summed E-state index contributed by atoms with van der Waals surface area (Å²) >= 11 is 0. The van der Waals surface area contributed by atoms with E-state index in [0.717, 1.165) is 43.6 Å². The summed E-state index contributed by atoms with van der Waals surface area (Å²) in [6.45, 7) is 6.43. The lowest BCUT2D eigenvalue weighted by atomic mass is 10.0. The topological polar surface area (TPSA) is 91.2 Å². The predicted octanol–water partition coefficient (Wildman–Crippen LogP) is 5.96. The number of ether oxygens (including phenoxy) is 1. The molecular formula is C34H41F3N6O3S. The highest BCUT2D eigenvalue weighted by Crippen LogP contribution is 2.32. The van der Waals surface area contributed by atoms with Crippen molar-refractivity contribution in [2.75, 3.05) is 57.7 Å². The van der Waals surface area contributed by atoms with Crippen molar-refractivity contribution in [1.29, 1.82) is 0 Å². The summed E-state index contributed by atoms with van der Waals surface area (Å²) in [5, 5.41) is 7.29. The molecule has 1 aliphatic heterocycles. The first kappa shape index (κ1) is 35.3. The molecular weight excluding hydrogens is 629 g/mol. The van der Waals surface area contributed by atoms with E-state index >= 15 is 0 Å². The van der Waals surface area contributed by atoms with Gasteiger partial charge in [0, 0.05) is 56.6 Å². The molecule has 0 aliphatic carbocycles. The van der Waals surface area contributed by atoms with E-state index in [2.05, 4.69) is 38.9 Å². The van der Waals surface area contributed by atoms with E-state index < -0.39 is 22.6 Å². The number of sulfone groups is 1. The Bertz CT molecular complexity index is 1830. The van der Waals surface area contributed by atoms with Crippen LogP contribution in [0.2, 0.25) is 0 Å². The zero-order valence-corrected chi connectivity index (χ0v) is 28.1. The largest absolute Gasteiger partial charge is 0.495 e. The van der Waals surface area contributed by atoms with E-state index in [0.29, 0.717) is 28.2 Å². The number of alkyl halides is 3. The minimum Gasteiger partial charge on any atom is -0.495 e. The fourth-order valence-corrected chi connectivity index (χ4v) is 5.92. The summed E-state index contributed by atoms with van der Waals surface area (Å²) in [6, 6.07) is 11.6. The second-order valence-corrected chi connectivity index (χ2v) is 13.5. The van der Waals surface area contributed by atoms with E-state index in [4.69, 9.17) is 4.74 Å². The number of nitrogens with zero attached hydrogens (tertiary/aromatic N) is 4. The molecule has 47 heavy (non-hydrogen) atoms. The molecule has 0 saturated carbocycles. The number of benzene rings is 2. The van der Waals surface area contributed by atoms with Gasteiger partial charge in [0.2, 0.25) is 0 Å². The molecule has 2 aromatic carbocycles. The van der Waals surface area contributed by atoms with Crippen LogP contribution in [-0.4, -0.2) is 88.3 Å². The molecule has 0 atom stereocenters. The van der Waals surface area contributed by atoms with Gasteiger partial charge in [-0.05, 0) is 56.0 Å². The third-order valence-corrected chi connectivity index (χ3v) is 8.96. The normalized spacial score (nSPS) is 14.6. The Morgan fingerprint density at radius 3 is 2.51 bits per heavy atom. The fraction of sp³-hybridized carbons (Fsp3) is 0.382. The number of allylic oxidation sites excluding steroid dienone is 2. The second kappa shape index (κ2) is 14.9. The van der Waals surface area contributed by atoms with Crippen LogP contribution >= 0.6 is 0 Å². The first-order chi connectivity index (χ1) is 22.2. The Kier molecular flexibility index (Phi) is 11.2. The van der Waals surface area contributed by atoms with Gasteiger partial charge in [-0.15, -0.1) is 0 Å². The fourth-order valence-electron chi connectivity index (χ4n) is 5.28. The standard InChI is InChI=1S/C34H41F3N6O3S/c1-7-26(22-39-24(2)41(3)4)42-18-15-25(16-19-42)40-30-11-8-12-32-29(30)20-27(43(32)23-34(35,36)37)10-9-17-38-31-14-13-28(47(6,44)45)21-33(31)46-5/h7-8,11-14,20-22,25,38,40H,2,15-19,23H2,1,3-6H3/b26-7+,39-22-. The van der Waals surface area contributed by atoms with Crippen molar-refractivity contribution in [2.45, 2.75) is 43.4 Å². The van der Waals surface area contributed by atoms with Gasteiger partial charge in [0.25, 0.3) is 0 Å². The Balaban J connectivity index is 1.51. The van der Waals surface area contributed by atoms with Gasteiger partial charge in [0.15, 0.2) is 9.84 Å². The van der Waals surface area contributed by atoms with Gasteiger partial charge < -0.3 is 29.7 Å². The molecule has 252 valence electrons. The van der Waals surface area contributed by atoms with Gasteiger partial charge in [-0.1, -0.05) is 24.6 Å². The minimum atomic E-state index is -4.45. The molecule has 3 aromatic rings. The third kappa shape index (κ3) is 9.25. The quantitative estimate of drug-likeness (QED) is 0.192. The van der Waals surface area contributed by atoms with Crippen LogP contribution < -0.4 is 15.4 Å². The summed E-state index contributed by atoms with van der Waals surface area (Å²) < 4.78 is 71.4. The lowest BCUT2D eigenvalue weighted by molar-refractivity contribution is -0.140. The molecule has 2 heterocycles. The molecule has 1 fully saturated rings. The zero-order valence-electron chi connectivity index (χ0n) is 27.3. The van der Waals surface area contributed by atoms with E-state index in [9.17, 15) is 21.6 Å². The molecule has 1 saturated heterocycles. The van der Waals surface area contributed by atoms with Crippen LogP contribution in [0, 0.1) is 11.8 Å². The van der Waals surface area contributed by atoms with Crippen molar-refractivity contribution in [1.82, 2.24) is 14.4 Å². The van der Waals surface area contributed by atoms with Crippen molar-refractivity contribution < 1.29 is 26.3 Å². The average molecular weight is 671 g/mol. The molecule has 4 rings (SSSR count). The van der Waals surface area contributed by atoms with Crippen LogP contribution in [0.3, 0.4) is 0 Å². The maximum absolute atomic E-state index is 13.7. The van der Waals surface area contributed by atoms with Gasteiger partial charge in [-0.25, -0.2) is 13.4 Å². The van der Waals surface area contributed by atoms with Crippen molar-refractivity contribution in [3.05, 3.63) is 72.3 Å². The molecule has 0 spiro atoms. The van der Waals surface area contributed by atoms with Crippen molar-refractivity contribution >= 4 is 38.3 Å². The summed E-state index contributed by atoms with van der Waals surface area (Å²) in [6.07, 6.45) is 2.18. The van der Waals surface area contributed by atoms with Crippen LogP contribution in [0.4, 0.5) is 24.5 Å². The van der Waals surface area contributed by atoms with Crippen LogP contribution in [0.5, 0.6) is 5.75 Å². The number of hydrogen-bond donors (Lipinski definition) is 2. The van der Waals surface area contributed by atoms with E-state index in [1.54, 1.807) is 24.3 Å². The Morgan fingerprint density at radius 2 is 1.89 bits per heavy atom. The van der Waals surface area contributed by atoms with Gasteiger partial charge in [0.05, 0.1) is 47.4 Å². The SMILES string of the molecule is C=C(/N=C\C(=C/C)N1CCC(Nc2cccc3c2cc(C#CCNc2ccc(S(C)(=O)=O)cc2OC)n3CC(F)(F)F)CC1)N(C)C. The minimum absolute atomic E-state index is 0.0912. The smallest absolute Gasteiger partial charge is 0.406 e. The number of hydrogen-bond acceptors (Lipinski definition) is 8. The molecule has 1 aromatic heterocycles. The zero-order chi connectivity index (χ0) is 34.4. The van der Waals surface area contributed by atoms with Crippen molar-refractivity contribution in [2.24, 2.45) is 4.99 Å². The molecule has 1 aliphatic rings. The number of likely N-dealkylation sites (tertiary alicyclic amines) is 1. The molecule has 2 N–H and O–H groups in total. The van der Waals surface area contributed by atoms with Gasteiger partial charge in [-0.3, -0.25) is 0 Å². The molecule has 0 bridgehead atoms. The monoisotopic (exact) mass is 670 g/mol. The van der Waals surface area contributed by atoms with Gasteiger partial charge in [-0.2, -0.15) is 13.2 Å². The van der Waals surface area contributed by atoms with Gasteiger partial charge in [0.1, 0.15) is 18.1 Å². The maximum Gasteiger partial charge on any atom is 0.406 e. The number of halogens is 3. The first-order valence-corrected chi connectivity index (χ1v) is 17.0. The number of piperidine rings is 1. The maximum atomic E-state index is 13.7. The summed E-state index contributed by atoms with van der Waals surface area (Å²) in [4.78, 5) is 8.67. The molecule has 9 nitrogen and oxygen atoms in total. The van der Waals surface area contributed by atoms with Gasteiger partial charge >= 0.3 is 6.18 Å². The molecule has 0 unspecified atom stereocenters. The lowest BCUT2D eigenvalue weighted by Gasteiger charge is -2.35. The first-order valence-electron chi connectivity index (χ1n) is 15.1. The number of aliphatic imine (C=N–C) groups is 1. The van der Waals surface area contributed by atoms with Crippen LogP contribution in [0.25, 0.3) is 10.9 Å². The number of aromatic nitrogens is 1. The van der Waals surface area contributed by atoms with E-state index in [-0.39, 0.29) is 23.2 Å². The predicted molar refractivity (Wildman–Crippen MR) is 183 cm³/mol. The number of anilines is 2. The van der Waals surface area contributed by atoms with Crippen molar-refractivity contribution in [3.8, 4) is 17.6 Å². The highest BCUT2D eigenvalue weighted by Gasteiger charge is 2.30. The Morgan fingerprint density at radius 1 is 1.17 bits per heavy atom. The summed E-state index contributed by atoms with van der Waals surface area (Å²) in [7, 11) is 1.78. The number of nitrogens with one attached hydrogen (secondary N) is 2. The Labute approximate surface area is 274 Å². The summed E-state index contributed by atoms with van der Waals surface area (Å²) in [5.41, 5.74) is 2.96. The highest BCUT2D eigenvalue weighted by atomic mass is 32.2. The third-order valence-electron chi connectivity index (χ3n) is 7.85. The van der Waals surface area contributed by atoms with Crippen molar-refractivity contribution in [3.63, 3.8) is 0 Å². The van der Waals surface area contributed by atoms with Crippen LogP contribution in [-0.2, 0) is 16.4 Å². The number of rotatable bonds is 11. The second-order valence-electron chi connectivity index (χ2n) is 11.4. The average Bonchev–Trinajstić information content (AvgIpc) is 3.36. The number of fused-ring (bicyclic) bond motifs is 1. The van der Waals surface area contributed by atoms with Crippen LogP contribution in [0.1, 0.15) is 25.5 Å². The van der Waals surface area contributed by atoms with Crippen LogP contribution in [0.15, 0.2) is 76.5 Å². The molecule has 13 heteroatoms. The molecule has 0 radical (unpaired) electrons. The number of methoxy groups -OCH3 is 1.